The van der Waals surface area contributed by atoms with E-state index in [-0.39, 0.29) is 27.9 Å². The summed E-state index contributed by atoms with van der Waals surface area (Å²) in [5.41, 5.74) is 0.550. The fraction of sp³-hybridized carbons (Fsp3) is 0.0714. The predicted molar refractivity (Wildman–Crippen MR) is 75.5 cm³/mol. The van der Waals surface area contributed by atoms with Crippen LogP contribution in [0.4, 0.5) is 13.2 Å². The van der Waals surface area contributed by atoms with Crippen molar-refractivity contribution in [2.45, 2.75) is 5.88 Å². The Labute approximate surface area is 127 Å². The lowest BCUT2D eigenvalue weighted by atomic mass is 10.2. The molecule has 0 fully saturated rings. The second-order valence-electron chi connectivity index (χ2n) is 4.33. The standard InChI is InChI=1S/C14H7Cl2F3N2/c15-6-13-20-10-5-9(18)7(16)4-12(10)21(13)11-3-1-2-8(17)14(11)19/h1-5H,6H2. The fourth-order valence-electron chi connectivity index (χ4n) is 2.15. The maximum Gasteiger partial charge on any atom is 0.182 e. The monoisotopic (exact) mass is 330 g/mol. The number of hydrogen-bond acceptors (Lipinski definition) is 1. The summed E-state index contributed by atoms with van der Waals surface area (Å²) in [7, 11) is 0. The van der Waals surface area contributed by atoms with Crippen LogP contribution >= 0.6 is 23.2 Å². The summed E-state index contributed by atoms with van der Waals surface area (Å²) in [6.45, 7) is 0. The van der Waals surface area contributed by atoms with Crippen molar-refractivity contribution >= 4 is 34.2 Å². The van der Waals surface area contributed by atoms with Gasteiger partial charge in [0.2, 0.25) is 0 Å². The number of halogens is 5. The van der Waals surface area contributed by atoms with E-state index in [0.29, 0.717) is 5.52 Å². The van der Waals surface area contributed by atoms with E-state index in [0.717, 1.165) is 12.1 Å². The molecule has 0 amide bonds. The van der Waals surface area contributed by atoms with E-state index < -0.39 is 17.5 Å². The first kappa shape index (κ1) is 14.2. The second-order valence-corrected chi connectivity index (χ2v) is 5.00. The molecule has 1 heterocycles. The van der Waals surface area contributed by atoms with Crippen LogP contribution < -0.4 is 0 Å². The summed E-state index contributed by atoms with van der Waals surface area (Å²) in [6.07, 6.45) is 0. The Bertz CT molecular complexity index is 846. The molecule has 3 aromatic rings. The van der Waals surface area contributed by atoms with Gasteiger partial charge in [-0.25, -0.2) is 18.2 Å². The van der Waals surface area contributed by atoms with Crippen LogP contribution in [0.2, 0.25) is 5.02 Å². The zero-order chi connectivity index (χ0) is 15.1. The van der Waals surface area contributed by atoms with Crippen molar-refractivity contribution in [3.8, 4) is 5.69 Å². The SMILES string of the molecule is Fc1cc2nc(CCl)n(-c3cccc(F)c3F)c2cc1Cl. The predicted octanol–water partition coefficient (Wildman–Crippen LogP) is 4.84. The van der Waals surface area contributed by atoms with Crippen LogP contribution in [0.25, 0.3) is 16.7 Å². The van der Waals surface area contributed by atoms with E-state index >= 15 is 0 Å². The summed E-state index contributed by atoms with van der Waals surface area (Å²) < 4.78 is 42.3. The fourth-order valence-corrected chi connectivity index (χ4v) is 2.48. The largest absolute Gasteiger partial charge is 0.292 e. The maximum atomic E-state index is 14.0. The molecule has 0 saturated carbocycles. The Morgan fingerprint density at radius 1 is 1.10 bits per heavy atom. The molecule has 0 aliphatic carbocycles. The highest BCUT2D eigenvalue weighted by Gasteiger charge is 2.18. The number of benzene rings is 2. The van der Waals surface area contributed by atoms with Gasteiger partial charge in [0.1, 0.15) is 11.6 Å². The number of imidazole rings is 1. The van der Waals surface area contributed by atoms with Crippen molar-refractivity contribution in [1.29, 1.82) is 0 Å². The van der Waals surface area contributed by atoms with Crippen LogP contribution in [0.15, 0.2) is 30.3 Å². The molecular formula is C14H7Cl2F3N2. The Morgan fingerprint density at radius 2 is 1.86 bits per heavy atom. The molecule has 0 atom stereocenters. The number of aromatic nitrogens is 2. The van der Waals surface area contributed by atoms with Crippen molar-refractivity contribution in [3.63, 3.8) is 0 Å². The van der Waals surface area contributed by atoms with Gasteiger partial charge < -0.3 is 0 Å². The molecule has 2 aromatic carbocycles. The Morgan fingerprint density at radius 3 is 2.57 bits per heavy atom. The van der Waals surface area contributed by atoms with Gasteiger partial charge in [-0.05, 0) is 18.2 Å². The van der Waals surface area contributed by atoms with E-state index in [1.54, 1.807) is 0 Å². The lowest BCUT2D eigenvalue weighted by Gasteiger charge is -2.09. The van der Waals surface area contributed by atoms with Crippen molar-refractivity contribution in [2.75, 3.05) is 0 Å². The van der Waals surface area contributed by atoms with Gasteiger partial charge in [-0.3, -0.25) is 4.57 Å². The number of hydrogen-bond donors (Lipinski definition) is 0. The molecule has 0 unspecified atom stereocenters. The third kappa shape index (κ3) is 2.26. The molecule has 108 valence electrons. The minimum atomic E-state index is -1.04. The molecule has 2 nitrogen and oxygen atoms in total. The molecule has 0 bridgehead atoms. The van der Waals surface area contributed by atoms with Crippen LogP contribution in [0.1, 0.15) is 5.82 Å². The number of alkyl halides is 1. The van der Waals surface area contributed by atoms with E-state index in [4.69, 9.17) is 23.2 Å². The zero-order valence-corrected chi connectivity index (χ0v) is 11.9. The molecule has 0 saturated heterocycles. The summed E-state index contributed by atoms with van der Waals surface area (Å²) in [5.74, 6) is -2.47. The molecule has 21 heavy (non-hydrogen) atoms. The summed E-state index contributed by atoms with van der Waals surface area (Å²) in [5, 5.41) is -0.137. The van der Waals surface area contributed by atoms with Gasteiger partial charge in [0.15, 0.2) is 11.6 Å². The Balaban J connectivity index is 2.40. The van der Waals surface area contributed by atoms with Crippen molar-refractivity contribution in [2.24, 2.45) is 0 Å². The first-order valence-corrected chi connectivity index (χ1v) is 6.81. The highest BCUT2D eigenvalue weighted by atomic mass is 35.5. The Hall–Kier alpha value is -1.72. The zero-order valence-electron chi connectivity index (χ0n) is 10.4. The number of nitrogens with zero attached hydrogens (tertiary/aromatic N) is 2. The van der Waals surface area contributed by atoms with Gasteiger partial charge in [-0.2, -0.15) is 0 Å². The maximum absolute atomic E-state index is 14.0. The molecule has 0 aliphatic heterocycles. The molecule has 7 heteroatoms. The lowest BCUT2D eigenvalue weighted by Crippen LogP contribution is -2.03. The van der Waals surface area contributed by atoms with Crippen LogP contribution in [0, 0.1) is 17.5 Å². The van der Waals surface area contributed by atoms with E-state index in [9.17, 15) is 13.2 Å². The van der Waals surface area contributed by atoms with Gasteiger partial charge in [-0.15, -0.1) is 11.6 Å². The van der Waals surface area contributed by atoms with Crippen molar-refractivity contribution in [3.05, 3.63) is 58.6 Å². The third-order valence-corrected chi connectivity index (χ3v) is 3.59. The molecule has 3 rings (SSSR count). The second kappa shape index (κ2) is 5.24. The number of rotatable bonds is 2. The molecule has 1 aromatic heterocycles. The number of fused-ring (bicyclic) bond motifs is 1. The summed E-state index contributed by atoms with van der Waals surface area (Å²) >= 11 is 11.6. The van der Waals surface area contributed by atoms with Gasteiger partial charge >= 0.3 is 0 Å². The average Bonchev–Trinajstić information content (AvgIpc) is 2.80. The smallest absolute Gasteiger partial charge is 0.182 e. The highest BCUT2D eigenvalue weighted by Crippen LogP contribution is 2.29. The van der Waals surface area contributed by atoms with Crippen LogP contribution in [0.5, 0.6) is 0 Å². The molecule has 0 radical (unpaired) electrons. The van der Waals surface area contributed by atoms with E-state index in [1.165, 1.54) is 22.8 Å². The molecule has 0 aliphatic rings. The molecule has 0 spiro atoms. The third-order valence-electron chi connectivity index (χ3n) is 3.06. The van der Waals surface area contributed by atoms with Crippen molar-refractivity contribution in [1.82, 2.24) is 9.55 Å². The van der Waals surface area contributed by atoms with E-state index in [2.05, 4.69) is 4.98 Å². The van der Waals surface area contributed by atoms with Gasteiger partial charge in [0.25, 0.3) is 0 Å². The summed E-state index contributed by atoms with van der Waals surface area (Å²) in [4.78, 5) is 4.12. The molecule has 0 N–H and O–H groups in total. The first-order chi connectivity index (χ1) is 10.0. The normalized spacial score (nSPS) is 11.3. The van der Waals surface area contributed by atoms with Gasteiger partial charge in [0, 0.05) is 6.07 Å². The van der Waals surface area contributed by atoms with Crippen LogP contribution in [0.3, 0.4) is 0 Å². The quantitative estimate of drug-likeness (QED) is 0.615. The topological polar surface area (TPSA) is 17.8 Å². The van der Waals surface area contributed by atoms with E-state index in [1.807, 2.05) is 0 Å². The highest BCUT2D eigenvalue weighted by molar-refractivity contribution is 6.31. The average molecular weight is 331 g/mol. The van der Waals surface area contributed by atoms with Crippen molar-refractivity contribution < 1.29 is 13.2 Å². The minimum Gasteiger partial charge on any atom is -0.292 e. The lowest BCUT2D eigenvalue weighted by molar-refractivity contribution is 0.504. The van der Waals surface area contributed by atoms with Gasteiger partial charge in [0.05, 0.1) is 27.6 Å². The first-order valence-electron chi connectivity index (χ1n) is 5.89. The van der Waals surface area contributed by atoms with Crippen LogP contribution in [-0.4, -0.2) is 9.55 Å². The van der Waals surface area contributed by atoms with Gasteiger partial charge in [-0.1, -0.05) is 17.7 Å². The Kier molecular flexibility index (Phi) is 3.55. The minimum absolute atomic E-state index is 0.0517. The summed E-state index contributed by atoms with van der Waals surface area (Å²) in [6, 6.07) is 6.18. The molecular weight excluding hydrogens is 324 g/mol. The van der Waals surface area contributed by atoms with Crippen LogP contribution in [-0.2, 0) is 5.88 Å².